The summed E-state index contributed by atoms with van der Waals surface area (Å²) in [6.45, 7) is 3.28. The van der Waals surface area contributed by atoms with Crippen LogP contribution in [0.3, 0.4) is 0 Å². The van der Waals surface area contributed by atoms with Gasteiger partial charge in [0.05, 0.1) is 16.6 Å². The van der Waals surface area contributed by atoms with Crippen molar-refractivity contribution in [2.24, 2.45) is 0 Å². The summed E-state index contributed by atoms with van der Waals surface area (Å²) < 4.78 is 7.25. The number of Topliss-reactive ketones (excluding diaryl/α,β-unsaturated/α-hetero) is 1. The first-order valence-electron chi connectivity index (χ1n) is 10.6. The minimum absolute atomic E-state index is 0.108. The van der Waals surface area contributed by atoms with Gasteiger partial charge in [-0.2, -0.15) is 0 Å². The number of carbonyl (C=O) groups excluding carboxylic acids is 3. The zero-order valence-electron chi connectivity index (χ0n) is 18.4. The molecule has 0 aliphatic rings. The number of carbonyl (C=O) groups is 3. The molecule has 7 nitrogen and oxygen atoms in total. The Balaban J connectivity index is 1.44. The lowest BCUT2D eigenvalue weighted by Gasteiger charge is -2.08. The largest absolute Gasteiger partial charge is 0.454 e. The second-order valence-electron chi connectivity index (χ2n) is 7.51. The highest BCUT2D eigenvalue weighted by Gasteiger charge is 2.15. The first-order chi connectivity index (χ1) is 16.0. The first kappa shape index (κ1) is 22.0. The number of esters is 1. The monoisotopic (exact) mass is 441 g/mol. The van der Waals surface area contributed by atoms with E-state index in [0.717, 1.165) is 17.0 Å². The maximum Gasteiger partial charge on any atom is 0.338 e. The SMILES string of the molecule is CCC(=O)Nc1ccc(C(=O)COC(=O)c2ccc3c(c2)nc(C)n3-c2ccccc2)cc1. The van der Waals surface area contributed by atoms with E-state index in [-0.39, 0.29) is 18.3 Å². The number of hydrogen-bond donors (Lipinski definition) is 1. The van der Waals surface area contributed by atoms with Crippen LogP contribution >= 0.6 is 0 Å². The second-order valence-corrected chi connectivity index (χ2v) is 7.51. The Morgan fingerprint density at radius 3 is 2.33 bits per heavy atom. The van der Waals surface area contributed by atoms with Gasteiger partial charge in [-0.1, -0.05) is 25.1 Å². The lowest BCUT2D eigenvalue weighted by atomic mass is 10.1. The number of aromatic nitrogens is 2. The van der Waals surface area contributed by atoms with Crippen LogP contribution in [0.5, 0.6) is 0 Å². The number of amides is 1. The molecule has 0 spiro atoms. The fraction of sp³-hybridized carbons (Fsp3) is 0.154. The van der Waals surface area contributed by atoms with Crippen molar-refractivity contribution in [1.82, 2.24) is 9.55 Å². The van der Waals surface area contributed by atoms with Gasteiger partial charge in [-0.3, -0.25) is 14.2 Å². The normalized spacial score (nSPS) is 10.7. The van der Waals surface area contributed by atoms with Crippen LogP contribution in [-0.2, 0) is 9.53 Å². The Kier molecular flexibility index (Phi) is 6.31. The summed E-state index contributed by atoms with van der Waals surface area (Å²) in [5, 5.41) is 2.72. The van der Waals surface area contributed by atoms with Crippen LogP contribution < -0.4 is 5.32 Å². The number of rotatable bonds is 7. The van der Waals surface area contributed by atoms with E-state index in [1.165, 1.54) is 0 Å². The minimum Gasteiger partial charge on any atom is -0.454 e. The number of benzene rings is 3. The van der Waals surface area contributed by atoms with Crippen LogP contribution in [0.2, 0.25) is 0 Å². The Morgan fingerprint density at radius 1 is 0.939 bits per heavy atom. The lowest BCUT2D eigenvalue weighted by molar-refractivity contribution is -0.115. The van der Waals surface area contributed by atoms with E-state index >= 15 is 0 Å². The van der Waals surface area contributed by atoms with Gasteiger partial charge in [0.15, 0.2) is 12.4 Å². The summed E-state index contributed by atoms with van der Waals surface area (Å²) in [6.07, 6.45) is 0.370. The number of nitrogens with one attached hydrogen (secondary N) is 1. The summed E-state index contributed by atoms with van der Waals surface area (Å²) >= 11 is 0. The van der Waals surface area contributed by atoms with Gasteiger partial charge >= 0.3 is 5.97 Å². The summed E-state index contributed by atoms with van der Waals surface area (Å²) in [5.74, 6) is -0.231. The topological polar surface area (TPSA) is 90.3 Å². The van der Waals surface area contributed by atoms with E-state index in [1.54, 1.807) is 43.3 Å². The maximum atomic E-state index is 12.5. The summed E-state index contributed by atoms with van der Waals surface area (Å²) in [4.78, 5) is 41.0. The van der Waals surface area contributed by atoms with Crippen molar-refractivity contribution in [2.75, 3.05) is 11.9 Å². The highest BCUT2D eigenvalue weighted by molar-refractivity contribution is 6.00. The van der Waals surface area contributed by atoms with Crippen LogP contribution in [0.4, 0.5) is 5.69 Å². The number of ether oxygens (including phenoxy) is 1. The third-order valence-electron chi connectivity index (χ3n) is 5.22. The summed E-state index contributed by atoms with van der Waals surface area (Å²) in [7, 11) is 0. The molecular weight excluding hydrogens is 418 g/mol. The molecule has 1 aromatic heterocycles. The average molecular weight is 441 g/mol. The second kappa shape index (κ2) is 9.48. The molecule has 3 aromatic carbocycles. The van der Waals surface area contributed by atoms with Crippen molar-refractivity contribution < 1.29 is 19.1 Å². The van der Waals surface area contributed by atoms with Gasteiger partial charge in [-0.25, -0.2) is 9.78 Å². The van der Waals surface area contributed by atoms with Crippen molar-refractivity contribution in [3.05, 3.63) is 89.7 Å². The van der Waals surface area contributed by atoms with Crippen LogP contribution in [-0.4, -0.2) is 33.8 Å². The van der Waals surface area contributed by atoms with Crippen LogP contribution in [0.1, 0.15) is 39.9 Å². The Morgan fingerprint density at radius 2 is 1.64 bits per heavy atom. The smallest absolute Gasteiger partial charge is 0.338 e. The molecule has 7 heteroatoms. The predicted molar refractivity (Wildman–Crippen MR) is 126 cm³/mol. The fourth-order valence-corrected chi connectivity index (χ4v) is 3.52. The number of ketones is 1. The first-order valence-corrected chi connectivity index (χ1v) is 10.6. The molecule has 0 radical (unpaired) electrons. The van der Waals surface area contributed by atoms with Gasteiger partial charge in [-0.15, -0.1) is 0 Å². The van der Waals surface area contributed by atoms with Crippen molar-refractivity contribution in [1.29, 1.82) is 0 Å². The quantitative estimate of drug-likeness (QED) is 0.331. The van der Waals surface area contributed by atoms with Gasteiger partial charge in [0.25, 0.3) is 0 Å². The zero-order chi connectivity index (χ0) is 23.4. The third kappa shape index (κ3) is 4.82. The molecule has 4 aromatic rings. The van der Waals surface area contributed by atoms with E-state index in [0.29, 0.717) is 28.8 Å². The molecule has 0 bridgehead atoms. The van der Waals surface area contributed by atoms with Gasteiger partial charge in [0.2, 0.25) is 5.91 Å². The van der Waals surface area contributed by atoms with E-state index in [4.69, 9.17) is 4.74 Å². The number of aryl methyl sites for hydroxylation is 1. The number of para-hydroxylation sites is 1. The molecule has 33 heavy (non-hydrogen) atoms. The molecule has 1 N–H and O–H groups in total. The predicted octanol–water partition coefficient (Wildman–Crippen LogP) is 4.72. The van der Waals surface area contributed by atoms with Gasteiger partial charge < -0.3 is 10.1 Å². The lowest BCUT2D eigenvalue weighted by Crippen LogP contribution is -2.14. The number of anilines is 1. The molecule has 0 unspecified atom stereocenters. The fourth-order valence-electron chi connectivity index (χ4n) is 3.52. The number of hydrogen-bond acceptors (Lipinski definition) is 5. The van der Waals surface area contributed by atoms with E-state index in [2.05, 4.69) is 10.3 Å². The van der Waals surface area contributed by atoms with E-state index < -0.39 is 5.97 Å². The molecule has 0 aliphatic heterocycles. The van der Waals surface area contributed by atoms with E-state index in [9.17, 15) is 14.4 Å². The molecule has 1 amide bonds. The highest BCUT2D eigenvalue weighted by Crippen LogP contribution is 2.22. The molecule has 0 fully saturated rings. The van der Waals surface area contributed by atoms with Crippen molar-refractivity contribution >= 4 is 34.4 Å². The van der Waals surface area contributed by atoms with E-state index in [1.807, 2.05) is 47.9 Å². The third-order valence-corrected chi connectivity index (χ3v) is 5.22. The summed E-state index contributed by atoms with van der Waals surface area (Å²) in [6, 6.07) is 21.5. The molecule has 0 saturated carbocycles. The molecule has 0 atom stereocenters. The standard InChI is InChI=1S/C26H23N3O4/c1-3-25(31)28-20-12-9-18(10-13-20)24(30)16-33-26(32)19-11-14-23-22(15-19)27-17(2)29(23)21-7-5-4-6-8-21/h4-15H,3,16H2,1-2H3,(H,28,31). The average Bonchev–Trinajstić information content (AvgIpc) is 3.18. The van der Waals surface area contributed by atoms with Gasteiger partial charge in [-0.05, 0) is 61.5 Å². The minimum atomic E-state index is -0.594. The van der Waals surface area contributed by atoms with Crippen molar-refractivity contribution in [2.45, 2.75) is 20.3 Å². The maximum absolute atomic E-state index is 12.5. The van der Waals surface area contributed by atoms with Crippen molar-refractivity contribution in [3.8, 4) is 5.69 Å². The summed E-state index contributed by atoms with van der Waals surface area (Å²) in [5.41, 5.74) is 3.85. The van der Waals surface area contributed by atoms with Crippen molar-refractivity contribution in [3.63, 3.8) is 0 Å². The zero-order valence-corrected chi connectivity index (χ0v) is 18.4. The van der Waals surface area contributed by atoms with Gasteiger partial charge in [0.1, 0.15) is 5.82 Å². The molecule has 166 valence electrons. The molecule has 0 saturated heterocycles. The Labute approximate surface area is 191 Å². The number of nitrogens with zero attached hydrogens (tertiary/aromatic N) is 2. The molecular formula is C26H23N3O4. The Hall–Kier alpha value is -4.26. The number of fused-ring (bicyclic) bond motifs is 1. The van der Waals surface area contributed by atoms with Crippen LogP contribution in [0, 0.1) is 6.92 Å². The molecule has 0 aliphatic carbocycles. The molecule has 1 heterocycles. The van der Waals surface area contributed by atoms with Crippen LogP contribution in [0.25, 0.3) is 16.7 Å². The molecule has 4 rings (SSSR count). The van der Waals surface area contributed by atoms with Crippen LogP contribution in [0.15, 0.2) is 72.8 Å². The Bertz CT molecular complexity index is 1330. The van der Waals surface area contributed by atoms with Gasteiger partial charge in [0, 0.05) is 23.4 Å². The number of imidazole rings is 1. The highest BCUT2D eigenvalue weighted by atomic mass is 16.5.